The summed E-state index contributed by atoms with van der Waals surface area (Å²) in [5.74, 6) is -0.432. The molecular weight excluding hydrogens is 668 g/mol. The first-order valence-electron chi connectivity index (χ1n) is 15.4. The first-order valence-corrected chi connectivity index (χ1v) is 19.4. The third-order valence-electron chi connectivity index (χ3n) is 9.15. The number of rotatable bonds is 15. The predicted octanol–water partition coefficient (Wildman–Crippen LogP) is 2.81. The van der Waals surface area contributed by atoms with E-state index in [2.05, 4.69) is 9.71 Å². The number of benzene rings is 2. The number of nitriles is 1. The number of halogens is 1. The molecule has 6 N–H and O–H groups in total. The van der Waals surface area contributed by atoms with Gasteiger partial charge in [-0.2, -0.15) is 9.98 Å². The lowest BCUT2D eigenvalue weighted by Crippen LogP contribution is -2.75. The molecule has 3 aliphatic rings. The molecule has 47 heavy (non-hydrogen) atoms. The van der Waals surface area contributed by atoms with Gasteiger partial charge in [0, 0.05) is 35.5 Å². The van der Waals surface area contributed by atoms with E-state index in [-0.39, 0.29) is 21.5 Å². The molecular formula is C30H41FN7O6PS2+2. The van der Waals surface area contributed by atoms with Crippen LogP contribution in [0.3, 0.4) is 0 Å². The van der Waals surface area contributed by atoms with Crippen molar-refractivity contribution >= 4 is 45.0 Å². The molecule has 1 unspecified atom stereocenters. The minimum atomic E-state index is -4.55. The van der Waals surface area contributed by atoms with E-state index in [0.29, 0.717) is 29.9 Å². The summed E-state index contributed by atoms with van der Waals surface area (Å²) in [7, 11) is -8.73. The van der Waals surface area contributed by atoms with Crippen LogP contribution in [0.5, 0.6) is 11.5 Å². The third-order valence-corrected chi connectivity index (χ3v) is 13.7. The minimum Gasteiger partial charge on any atom is -0.493 e. The molecule has 13 nitrogen and oxygen atoms in total. The normalized spacial score (nSPS) is 22.0. The molecule has 3 aliphatic heterocycles. The molecule has 3 fully saturated rings. The molecule has 17 heteroatoms. The van der Waals surface area contributed by atoms with Crippen molar-refractivity contribution in [3.63, 3.8) is 0 Å². The average Bonchev–Trinajstić information content (AvgIpc) is 3.38. The molecule has 0 spiro atoms. The van der Waals surface area contributed by atoms with Crippen molar-refractivity contribution in [2.24, 2.45) is 16.5 Å². The van der Waals surface area contributed by atoms with Crippen molar-refractivity contribution in [1.29, 1.82) is 5.26 Å². The average molecular weight is 710 g/mol. The van der Waals surface area contributed by atoms with E-state index in [0.717, 1.165) is 69.1 Å². The summed E-state index contributed by atoms with van der Waals surface area (Å²) in [6, 6.07) is 10.1. The summed E-state index contributed by atoms with van der Waals surface area (Å²) < 4.78 is 68.9. The lowest BCUT2D eigenvalue weighted by molar-refractivity contribution is -1.08. The van der Waals surface area contributed by atoms with E-state index in [1.807, 2.05) is 18.2 Å². The number of nitrogens with two attached hydrogens (primary N) is 2. The van der Waals surface area contributed by atoms with Gasteiger partial charge in [0.1, 0.15) is 73.1 Å². The molecule has 2 aromatic carbocycles. The Morgan fingerprint density at radius 3 is 2.34 bits per heavy atom. The number of quaternary nitrogens is 2. The van der Waals surface area contributed by atoms with Crippen LogP contribution in [0.25, 0.3) is 10.1 Å². The Kier molecular flexibility index (Phi) is 10.5. The van der Waals surface area contributed by atoms with Crippen LogP contribution in [0.1, 0.15) is 24.0 Å². The second-order valence-corrected chi connectivity index (χ2v) is 17.1. The highest BCUT2D eigenvalue weighted by molar-refractivity contribution is 7.92. The lowest BCUT2D eigenvalue weighted by atomic mass is 10.1. The van der Waals surface area contributed by atoms with Gasteiger partial charge in [-0.3, -0.25) is 4.99 Å². The highest BCUT2D eigenvalue weighted by atomic mass is 32.2. The quantitative estimate of drug-likeness (QED) is 0.0605. The van der Waals surface area contributed by atoms with Gasteiger partial charge >= 0.3 is 7.60 Å². The Labute approximate surface area is 278 Å². The molecule has 0 saturated carbocycles. The monoisotopic (exact) mass is 709 g/mol. The zero-order chi connectivity index (χ0) is 33.9. The van der Waals surface area contributed by atoms with Gasteiger partial charge in [-0.1, -0.05) is 0 Å². The molecule has 1 atom stereocenters. The maximum absolute atomic E-state index is 13.9. The maximum Gasteiger partial charge on any atom is 0.391 e. The van der Waals surface area contributed by atoms with E-state index in [9.17, 15) is 22.3 Å². The number of aliphatic imine (C=N–C) groups is 1. The molecule has 6 rings (SSSR count). The number of aryl methyl sites for hydroxylation is 1. The fourth-order valence-electron chi connectivity index (χ4n) is 6.41. The number of nitrogens with zero attached hydrogens (tertiary/aromatic N) is 4. The molecule has 3 saturated heterocycles. The van der Waals surface area contributed by atoms with Crippen LogP contribution in [-0.2, 0) is 14.6 Å². The number of hydrogen-bond donors (Lipinski definition) is 4. The summed E-state index contributed by atoms with van der Waals surface area (Å²) in [6.07, 6.45) is 0.971. The van der Waals surface area contributed by atoms with Gasteiger partial charge in [0.2, 0.25) is 0 Å². The van der Waals surface area contributed by atoms with E-state index < -0.39 is 29.7 Å². The van der Waals surface area contributed by atoms with Crippen LogP contribution < -0.4 is 25.5 Å². The summed E-state index contributed by atoms with van der Waals surface area (Å²) in [5.41, 5.74) is 11.1. The van der Waals surface area contributed by atoms with Crippen LogP contribution in [-0.4, -0.2) is 100 Å². The molecule has 2 bridgehead atoms. The van der Waals surface area contributed by atoms with Gasteiger partial charge in [-0.05, 0) is 42.8 Å². The maximum atomic E-state index is 13.9. The van der Waals surface area contributed by atoms with Crippen molar-refractivity contribution < 1.29 is 40.5 Å². The zero-order valence-electron chi connectivity index (χ0n) is 26.2. The van der Waals surface area contributed by atoms with Gasteiger partial charge in [0.15, 0.2) is 5.96 Å². The first-order chi connectivity index (χ1) is 22.2. The van der Waals surface area contributed by atoms with Crippen molar-refractivity contribution in [2.75, 3.05) is 71.8 Å². The van der Waals surface area contributed by atoms with Gasteiger partial charge in [0.25, 0.3) is 10.0 Å². The molecule has 0 radical (unpaired) electrons. The molecule has 0 amide bonds. The first kappa shape index (κ1) is 35.0. The van der Waals surface area contributed by atoms with Crippen molar-refractivity contribution in [2.45, 2.75) is 24.0 Å². The number of sulfonamides is 1. The molecule has 3 aromatic rings. The van der Waals surface area contributed by atoms with Crippen LogP contribution in [0.2, 0.25) is 0 Å². The number of hydrogen-bond acceptors (Lipinski definition) is 8. The number of guanidine groups is 1. The van der Waals surface area contributed by atoms with E-state index in [4.69, 9.17) is 26.0 Å². The second kappa shape index (κ2) is 14.1. The van der Waals surface area contributed by atoms with Gasteiger partial charge in [-0.15, -0.1) is 11.3 Å². The van der Waals surface area contributed by atoms with Crippen LogP contribution in [0, 0.1) is 24.1 Å². The number of fused-ring (bicyclic) bond motifs is 4. The number of piperazine rings is 3. The fraction of sp³-hybridized carbons (Fsp3) is 0.467. The summed E-state index contributed by atoms with van der Waals surface area (Å²) in [5, 5.41) is 9.56. The third kappa shape index (κ3) is 8.42. The summed E-state index contributed by atoms with van der Waals surface area (Å²) in [4.78, 5) is 14.3. The van der Waals surface area contributed by atoms with Crippen molar-refractivity contribution in [3.8, 4) is 17.6 Å². The topological polar surface area (TPSA) is 190 Å². The largest absolute Gasteiger partial charge is 0.493 e. The zero-order valence-corrected chi connectivity index (χ0v) is 28.8. The Balaban J connectivity index is 1.12. The number of nitrogens with one attached hydrogen (secondary N) is 1. The van der Waals surface area contributed by atoms with Crippen molar-refractivity contribution in [1.82, 2.24) is 4.72 Å². The second-order valence-electron chi connectivity index (χ2n) is 12.3. The number of ether oxygens (including phenoxy) is 1. The SMILES string of the molecule is Cc1c(S(=O)(=O)NCP(=O)(O)Oc2ccc(C#N)c(F)c2)sc2ccc(OCCC[N+]34CC[N+](CCCN=C(N)N)(CC3)CC4)cc12. The molecule has 0 aliphatic carbocycles. The summed E-state index contributed by atoms with van der Waals surface area (Å²) in [6.45, 7) is 12.1. The minimum absolute atomic E-state index is 0.00535. The van der Waals surface area contributed by atoms with Crippen molar-refractivity contribution in [3.05, 3.63) is 53.3 Å². The number of thiophene rings is 1. The van der Waals surface area contributed by atoms with Crippen LogP contribution in [0.15, 0.2) is 45.6 Å². The predicted molar refractivity (Wildman–Crippen MR) is 178 cm³/mol. The Hall–Kier alpha value is -3.29. The summed E-state index contributed by atoms with van der Waals surface area (Å²) >= 11 is 1.04. The standard InChI is InChI=1S/C30H40FN7O6PS2/c1-22-26-18-24(43-17-3-10-38-14-11-37(12-15-38,13-16-38)9-2-8-35-30(33)34)6-7-28(26)46-29(22)47(41,42)36-21-45(39,40)44-25-5-4-23(20-32)27(31)19-25/h4-7,18-19,36H,2-3,8-17,21H2,1H3,(H4-,33,34,35,39,40)/q+1/p+1. The Morgan fingerprint density at radius 1 is 1.09 bits per heavy atom. The van der Waals surface area contributed by atoms with Crippen LogP contribution >= 0.6 is 18.9 Å². The van der Waals surface area contributed by atoms with E-state index in [1.165, 1.54) is 39.3 Å². The van der Waals surface area contributed by atoms with Gasteiger partial charge < -0.3 is 34.6 Å². The highest BCUT2D eigenvalue weighted by Crippen LogP contribution is 2.43. The molecule has 254 valence electrons. The van der Waals surface area contributed by atoms with E-state index >= 15 is 0 Å². The van der Waals surface area contributed by atoms with E-state index in [1.54, 1.807) is 13.0 Å². The Morgan fingerprint density at radius 2 is 1.72 bits per heavy atom. The molecule has 4 heterocycles. The fourth-order valence-corrected chi connectivity index (χ4v) is 10.7. The van der Waals surface area contributed by atoms with Crippen LogP contribution in [0.4, 0.5) is 4.39 Å². The Bertz CT molecular complexity index is 1830. The lowest BCUT2D eigenvalue weighted by Gasteiger charge is -2.55. The van der Waals surface area contributed by atoms with Gasteiger partial charge in [-0.25, -0.2) is 17.4 Å². The smallest absolute Gasteiger partial charge is 0.391 e. The van der Waals surface area contributed by atoms with Gasteiger partial charge in [0.05, 0.1) is 25.3 Å². The molecule has 1 aromatic heterocycles. The highest BCUT2D eigenvalue weighted by Gasteiger charge is 2.48.